The Bertz CT molecular complexity index is 2130. The van der Waals surface area contributed by atoms with Crippen molar-refractivity contribution in [3.05, 3.63) is 70.5 Å². The van der Waals surface area contributed by atoms with E-state index in [2.05, 4.69) is 39.4 Å². The summed E-state index contributed by atoms with van der Waals surface area (Å²) in [6.45, 7) is 9.06. The Labute approximate surface area is 300 Å². The lowest BCUT2D eigenvalue weighted by molar-refractivity contribution is 0.0663. The van der Waals surface area contributed by atoms with Crippen LogP contribution in [-0.2, 0) is 23.1 Å². The molecule has 7 rings (SSSR count). The number of ether oxygens (including phenoxy) is 1. The summed E-state index contributed by atoms with van der Waals surface area (Å²) in [6.07, 6.45) is 9.52. The van der Waals surface area contributed by atoms with Crippen LogP contribution < -0.4 is 9.46 Å². The van der Waals surface area contributed by atoms with E-state index >= 15 is 0 Å². The molecule has 1 saturated heterocycles. The molecule has 270 valence electrons. The van der Waals surface area contributed by atoms with Gasteiger partial charge in [0.05, 0.1) is 42.1 Å². The second-order valence-electron chi connectivity index (χ2n) is 14.4. The molecule has 2 aliphatic heterocycles. The molecular formula is C39H48N6O5S. The second kappa shape index (κ2) is 14.0. The number of aryl methyl sites for hydroxylation is 1. The van der Waals surface area contributed by atoms with E-state index in [1.54, 1.807) is 33.2 Å². The maximum absolute atomic E-state index is 14.2. The van der Waals surface area contributed by atoms with Crippen molar-refractivity contribution in [3.63, 3.8) is 0 Å². The zero-order valence-corrected chi connectivity index (χ0v) is 31.1. The number of amides is 2. The van der Waals surface area contributed by atoms with Crippen LogP contribution in [0.25, 0.3) is 33.8 Å². The van der Waals surface area contributed by atoms with E-state index in [4.69, 9.17) is 9.84 Å². The first kappa shape index (κ1) is 35.0. The molecule has 4 aromatic rings. The van der Waals surface area contributed by atoms with E-state index in [1.165, 1.54) is 12.0 Å². The Morgan fingerprint density at radius 1 is 1.00 bits per heavy atom. The van der Waals surface area contributed by atoms with Crippen LogP contribution in [0.3, 0.4) is 0 Å². The van der Waals surface area contributed by atoms with Crippen molar-refractivity contribution in [2.75, 3.05) is 40.3 Å². The average Bonchev–Trinajstić information content (AvgIpc) is 3.65. The number of allylic oxidation sites excluding steroid dienone is 1. The van der Waals surface area contributed by atoms with Crippen LogP contribution in [0.2, 0.25) is 0 Å². The molecule has 1 aliphatic carbocycles. The van der Waals surface area contributed by atoms with E-state index in [9.17, 15) is 18.0 Å². The second-order valence-corrected chi connectivity index (χ2v) is 16.6. The lowest BCUT2D eigenvalue weighted by atomic mass is 9.81. The summed E-state index contributed by atoms with van der Waals surface area (Å²) in [5, 5.41) is 5.02. The molecule has 12 heteroatoms. The lowest BCUT2D eigenvalue weighted by Gasteiger charge is -2.32. The topological polar surface area (TPSA) is 119 Å². The zero-order chi connectivity index (χ0) is 36.0. The number of carbonyl (C=O) groups excluding carboxylic acids is 2. The van der Waals surface area contributed by atoms with Gasteiger partial charge in [-0.15, -0.1) is 0 Å². The minimum absolute atomic E-state index is 0.0281. The number of hydrogen-bond acceptors (Lipinski definition) is 7. The number of fused-ring (bicyclic) bond motifs is 5. The number of rotatable bonds is 8. The number of sulfonamides is 1. The molecule has 0 bridgehead atoms. The summed E-state index contributed by atoms with van der Waals surface area (Å²) in [4.78, 5) is 31.8. The highest BCUT2D eigenvalue weighted by atomic mass is 32.2. The Kier molecular flexibility index (Phi) is 9.57. The first-order valence-corrected chi connectivity index (χ1v) is 19.7. The molecule has 2 fully saturated rings. The fourth-order valence-electron chi connectivity index (χ4n) is 7.93. The van der Waals surface area contributed by atoms with Gasteiger partial charge in [-0.1, -0.05) is 25.3 Å². The molecule has 0 unspecified atom stereocenters. The number of nitrogens with one attached hydrogen (secondary N) is 1. The monoisotopic (exact) mass is 712 g/mol. The van der Waals surface area contributed by atoms with Gasteiger partial charge >= 0.3 is 0 Å². The van der Waals surface area contributed by atoms with Gasteiger partial charge in [-0.2, -0.15) is 5.10 Å². The van der Waals surface area contributed by atoms with Gasteiger partial charge in [-0.25, -0.2) is 13.1 Å². The van der Waals surface area contributed by atoms with Crippen molar-refractivity contribution in [1.29, 1.82) is 0 Å². The van der Waals surface area contributed by atoms with Crippen LogP contribution in [0.4, 0.5) is 0 Å². The van der Waals surface area contributed by atoms with Gasteiger partial charge in [0, 0.05) is 54.8 Å². The molecule has 11 nitrogen and oxygen atoms in total. The number of carbonyl (C=O) groups is 2. The highest BCUT2D eigenvalue weighted by Gasteiger charge is 2.33. The quantitative estimate of drug-likeness (QED) is 0.239. The summed E-state index contributed by atoms with van der Waals surface area (Å²) < 4.78 is 37.6. The van der Waals surface area contributed by atoms with Crippen LogP contribution in [-0.4, -0.2) is 90.0 Å². The van der Waals surface area contributed by atoms with E-state index in [-0.39, 0.29) is 11.5 Å². The third kappa shape index (κ3) is 6.48. The van der Waals surface area contributed by atoms with Gasteiger partial charge in [0.25, 0.3) is 11.8 Å². The lowest BCUT2D eigenvalue weighted by Crippen LogP contribution is -2.47. The molecule has 0 radical (unpaired) electrons. The van der Waals surface area contributed by atoms with Crippen molar-refractivity contribution in [2.45, 2.75) is 77.1 Å². The van der Waals surface area contributed by atoms with Crippen molar-refractivity contribution >= 4 is 44.4 Å². The SMILES string of the molecule is CCn1ncc(C(=O)N2CCN(C)CC2)c1C1=Cc2cc(OC)ccc2-c2c(C3CCCCC3)c3ccc(C(=O)NS(=O)(=O)C(C)C)cc3n2C1. The van der Waals surface area contributed by atoms with E-state index in [1.807, 2.05) is 34.7 Å². The van der Waals surface area contributed by atoms with Crippen LogP contribution in [0.15, 0.2) is 42.6 Å². The van der Waals surface area contributed by atoms with Crippen LogP contribution in [0, 0.1) is 0 Å². The molecule has 4 heterocycles. The number of likely N-dealkylation sites (N-methyl/N-ethyl adjacent to an activating group) is 1. The third-order valence-electron chi connectivity index (χ3n) is 10.9. The maximum atomic E-state index is 14.2. The van der Waals surface area contributed by atoms with Crippen LogP contribution in [0.5, 0.6) is 5.75 Å². The standard InChI is InChI=1S/C39H48N6O5S/c1-6-45-36(33(23-40-45)39(47)43-18-16-42(4)17-19-43)29-20-28-21-30(50-5)13-15-31(28)37-35(26-10-8-7-9-11-26)32-14-12-27(22-34(32)44(37)24-29)38(46)41-51(48,49)25(2)3/h12-15,20-23,25-26H,6-11,16-19,24H2,1-5H3,(H,41,46). The maximum Gasteiger partial charge on any atom is 0.264 e. The number of benzene rings is 2. The smallest absolute Gasteiger partial charge is 0.264 e. The normalized spacial score (nSPS) is 17.2. The van der Waals surface area contributed by atoms with Crippen LogP contribution >= 0.6 is 0 Å². The number of aromatic nitrogens is 3. The zero-order valence-electron chi connectivity index (χ0n) is 30.2. The number of hydrogen-bond donors (Lipinski definition) is 1. The van der Waals surface area contributed by atoms with Gasteiger partial charge < -0.3 is 19.1 Å². The highest BCUT2D eigenvalue weighted by molar-refractivity contribution is 7.90. The van der Waals surface area contributed by atoms with Crippen molar-refractivity contribution in [3.8, 4) is 17.0 Å². The molecule has 1 saturated carbocycles. The summed E-state index contributed by atoms with van der Waals surface area (Å²) >= 11 is 0. The number of piperazine rings is 1. The number of methoxy groups -OCH3 is 1. The summed E-state index contributed by atoms with van der Waals surface area (Å²) in [7, 11) is -0.0898. The van der Waals surface area contributed by atoms with Crippen molar-refractivity contribution < 1.29 is 22.7 Å². The minimum atomic E-state index is -3.83. The summed E-state index contributed by atoms with van der Waals surface area (Å²) in [6, 6.07) is 11.7. The fraction of sp³-hybridized carbons (Fsp3) is 0.462. The minimum Gasteiger partial charge on any atom is -0.497 e. The van der Waals surface area contributed by atoms with Gasteiger partial charge in [0.1, 0.15) is 5.75 Å². The Morgan fingerprint density at radius 2 is 1.75 bits per heavy atom. The largest absolute Gasteiger partial charge is 0.497 e. The Balaban J connectivity index is 1.45. The van der Waals surface area contributed by atoms with Crippen molar-refractivity contribution in [2.24, 2.45) is 0 Å². The molecule has 3 aliphatic rings. The van der Waals surface area contributed by atoms with E-state index in [0.717, 1.165) is 83.5 Å². The highest BCUT2D eigenvalue weighted by Crippen LogP contribution is 2.48. The Morgan fingerprint density at radius 3 is 2.43 bits per heavy atom. The molecular weight excluding hydrogens is 665 g/mol. The van der Waals surface area contributed by atoms with Gasteiger partial charge in [-0.05, 0) is 99.7 Å². The Hall–Kier alpha value is -4.42. The van der Waals surface area contributed by atoms with E-state index < -0.39 is 21.2 Å². The molecule has 0 spiro atoms. The van der Waals surface area contributed by atoms with Gasteiger partial charge in [0.15, 0.2) is 0 Å². The third-order valence-corrected chi connectivity index (χ3v) is 12.6. The molecule has 2 aromatic carbocycles. The van der Waals surface area contributed by atoms with Crippen molar-refractivity contribution in [1.82, 2.24) is 28.9 Å². The average molecular weight is 713 g/mol. The summed E-state index contributed by atoms with van der Waals surface area (Å²) in [5.74, 6) is 0.375. The van der Waals surface area contributed by atoms with Gasteiger partial charge in [0.2, 0.25) is 10.0 Å². The molecule has 1 N–H and O–H groups in total. The van der Waals surface area contributed by atoms with Gasteiger partial charge in [-0.3, -0.25) is 14.3 Å². The molecule has 0 atom stereocenters. The number of nitrogens with zero attached hydrogens (tertiary/aromatic N) is 5. The summed E-state index contributed by atoms with van der Waals surface area (Å²) in [5.41, 5.74) is 7.76. The molecule has 2 amide bonds. The fourth-order valence-corrected chi connectivity index (χ4v) is 8.54. The molecule has 51 heavy (non-hydrogen) atoms. The predicted octanol–water partition coefficient (Wildman–Crippen LogP) is 5.99. The first-order chi connectivity index (χ1) is 24.5. The van der Waals surface area contributed by atoms with E-state index in [0.29, 0.717) is 37.7 Å². The predicted molar refractivity (Wildman–Crippen MR) is 200 cm³/mol. The molecule has 2 aromatic heterocycles. The van der Waals surface area contributed by atoms with Crippen LogP contribution in [0.1, 0.15) is 96.3 Å². The first-order valence-electron chi connectivity index (χ1n) is 18.2.